The molecular formula is C26H36O6SSi. The van der Waals surface area contributed by atoms with E-state index in [-0.39, 0.29) is 10.8 Å². The lowest BCUT2D eigenvalue weighted by Gasteiger charge is -2.66. The van der Waals surface area contributed by atoms with E-state index in [9.17, 15) is 8.42 Å². The van der Waals surface area contributed by atoms with Crippen molar-refractivity contribution in [2.24, 2.45) is 22.2 Å². The first-order valence-corrected chi connectivity index (χ1v) is 16.8. The number of hydrogen-bond donors (Lipinski definition) is 0. The van der Waals surface area contributed by atoms with Gasteiger partial charge in [-0.2, -0.15) is 8.42 Å². The number of aryl methyl sites for hydroxylation is 1. The van der Waals surface area contributed by atoms with E-state index in [4.69, 9.17) is 18.1 Å². The van der Waals surface area contributed by atoms with Crippen LogP contribution in [0.25, 0.3) is 0 Å². The van der Waals surface area contributed by atoms with Crippen molar-refractivity contribution in [1.82, 2.24) is 0 Å². The number of hydrogen-bond acceptors (Lipinski definition) is 6. The Morgan fingerprint density at radius 2 is 1.76 bits per heavy atom. The van der Waals surface area contributed by atoms with Crippen LogP contribution in [0.15, 0.2) is 52.6 Å². The molecule has 8 heteroatoms. The van der Waals surface area contributed by atoms with E-state index in [1.165, 1.54) is 5.57 Å². The molecule has 0 N–H and O–H groups in total. The number of ether oxygens (including phenoxy) is 2. The fourth-order valence-electron chi connectivity index (χ4n) is 6.94. The van der Waals surface area contributed by atoms with Gasteiger partial charge in [0.05, 0.1) is 12.0 Å². The van der Waals surface area contributed by atoms with Gasteiger partial charge in [0.15, 0.2) is 8.32 Å². The van der Waals surface area contributed by atoms with Crippen LogP contribution < -0.4 is 0 Å². The quantitative estimate of drug-likeness (QED) is 0.302. The molecule has 2 fully saturated rings. The maximum absolute atomic E-state index is 13.5. The van der Waals surface area contributed by atoms with Crippen LogP contribution in [-0.4, -0.2) is 42.3 Å². The Morgan fingerprint density at radius 3 is 2.35 bits per heavy atom. The van der Waals surface area contributed by atoms with Crippen LogP contribution in [0.1, 0.15) is 32.8 Å². The van der Waals surface area contributed by atoms with Gasteiger partial charge in [-0.05, 0) is 64.0 Å². The molecule has 1 aromatic rings. The normalized spacial score (nSPS) is 40.7. The Labute approximate surface area is 204 Å². The minimum atomic E-state index is -4.05. The molecule has 0 amide bonds. The molecule has 4 aliphatic carbocycles. The Balaban J connectivity index is 1.74. The summed E-state index contributed by atoms with van der Waals surface area (Å²) in [4.78, 5) is 0.136. The van der Waals surface area contributed by atoms with Crippen molar-refractivity contribution in [3.05, 3.63) is 53.3 Å². The molecule has 4 bridgehead atoms. The van der Waals surface area contributed by atoms with E-state index in [0.29, 0.717) is 12.4 Å². The van der Waals surface area contributed by atoms with Crippen LogP contribution >= 0.6 is 0 Å². The first kappa shape index (κ1) is 24.3. The van der Waals surface area contributed by atoms with Gasteiger partial charge in [0.1, 0.15) is 16.8 Å². The summed E-state index contributed by atoms with van der Waals surface area (Å²) >= 11 is 0. The highest BCUT2D eigenvalue weighted by Crippen LogP contribution is 2.79. The van der Waals surface area contributed by atoms with Crippen LogP contribution in [0.5, 0.6) is 0 Å². The Bertz CT molecular complexity index is 1200. The van der Waals surface area contributed by atoms with E-state index in [2.05, 4.69) is 39.6 Å². The fourth-order valence-corrected chi connectivity index (χ4v) is 9.01. The highest BCUT2D eigenvalue weighted by Gasteiger charge is 2.84. The van der Waals surface area contributed by atoms with Gasteiger partial charge in [0, 0.05) is 17.9 Å². The van der Waals surface area contributed by atoms with Crippen molar-refractivity contribution < 1.29 is 26.5 Å². The van der Waals surface area contributed by atoms with E-state index >= 15 is 0 Å². The smallest absolute Gasteiger partial charge is 0.338 e. The zero-order valence-corrected chi connectivity index (χ0v) is 23.2. The molecule has 1 aliphatic heterocycles. The third-order valence-electron chi connectivity index (χ3n) is 8.85. The number of benzene rings is 1. The second-order valence-corrected chi connectivity index (χ2v) is 17.8. The largest absolute Gasteiger partial charge is 0.408 e. The van der Waals surface area contributed by atoms with E-state index in [0.717, 1.165) is 12.0 Å². The summed E-state index contributed by atoms with van der Waals surface area (Å²) in [5.41, 5.74) is 0.314. The summed E-state index contributed by atoms with van der Waals surface area (Å²) in [5.74, 6) is -0.577. The van der Waals surface area contributed by atoms with Gasteiger partial charge < -0.3 is 18.1 Å². The number of methoxy groups -OCH3 is 1. The number of rotatable bonds is 6. The Morgan fingerprint density at radius 1 is 1.12 bits per heavy atom. The molecule has 0 radical (unpaired) electrons. The molecule has 1 spiro atoms. The van der Waals surface area contributed by atoms with Gasteiger partial charge in [0.2, 0.25) is 5.79 Å². The average molecular weight is 505 g/mol. The first-order valence-electron chi connectivity index (χ1n) is 12.0. The number of allylic oxidation sites excluding steroid dienone is 1. The molecule has 1 aromatic carbocycles. The maximum Gasteiger partial charge on any atom is 0.338 e. The molecule has 1 heterocycles. The third kappa shape index (κ3) is 2.75. The minimum Gasteiger partial charge on any atom is -0.408 e. The molecule has 6 rings (SSSR count). The maximum atomic E-state index is 13.5. The summed E-state index contributed by atoms with van der Waals surface area (Å²) in [5, 5.41) is 0. The molecule has 0 aromatic heterocycles. The molecular weight excluding hydrogens is 468 g/mol. The highest BCUT2D eigenvalue weighted by atomic mass is 32.2. The van der Waals surface area contributed by atoms with Crippen LogP contribution in [-0.2, 0) is 28.2 Å². The van der Waals surface area contributed by atoms with Gasteiger partial charge in [-0.15, -0.1) is 0 Å². The fraction of sp³-hybridized carbons (Fsp3) is 0.615. The highest BCUT2D eigenvalue weighted by molar-refractivity contribution is 7.86. The summed E-state index contributed by atoms with van der Waals surface area (Å²) in [6.07, 6.45) is 4.86. The summed E-state index contributed by atoms with van der Waals surface area (Å²) in [6, 6.07) is 6.74. The molecule has 5 unspecified atom stereocenters. The molecule has 1 saturated carbocycles. The van der Waals surface area contributed by atoms with Gasteiger partial charge in [0.25, 0.3) is 0 Å². The third-order valence-corrected chi connectivity index (χ3v) is 11.0. The zero-order valence-electron chi connectivity index (χ0n) is 21.4. The van der Waals surface area contributed by atoms with Gasteiger partial charge in [-0.25, -0.2) is 0 Å². The van der Waals surface area contributed by atoms with Crippen LogP contribution in [0.3, 0.4) is 0 Å². The van der Waals surface area contributed by atoms with Gasteiger partial charge in [-0.1, -0.05) is 43.2 Å². The molecule has 6 nitrogen and oxygen atoms in total. The Kier molecular flexibility index (Phi) is 5.04. The first-order chi connectivity index (χ1) is 15.7. The second-order valence-electron chi connectivity index (χ2n) is 11.8. The summed E-state index contributed by atoms with van der Waals surface area (Å²) in [6.45, 7) is 15.2. The molecule has 186 valence electrons. The lowest BCUT2D eigenvalue weighted by molar-refractivity contribution is -0.317. The predicted octanol–water partition coefficient (Wildman–Crippen LogP) is 5.17. The predicted molar refractivity (Wildman–Crippen MR) is 132 cm³/mol. The van der Waals surface area contributed by atoms with Crippen molar-refractivity contribution >= 4 is 18.4 Å². The lowest BCUT2D eigenvalue weighted by Crippen LogP contribution is -2.74. The van der Waals surface area contributed by atoms with E-state index in [1.807, 2.05) is 19.9 Å². The molecule has 1 saturated heterocycles. The SMILES string of the molecule is COC12OCC3(C)C4=CC[C@@H](C)C4(C=C(OS(=O)(=O)c4ccc(C)cc4)C31C)C2O[Si](C)(C)C. The van der Waals surface area contributed by atoms with E-state index < -0.39 is 46.6 Å². The minimum absolute atomic E-state index is 0.136. The topological polar surface area (TPSA) is 71.1 Å². The summed E-state index contributed by atoms with van der Waals surface area (Å²) < 4.78 is 52.7. The van der Waals surface area contributed by atoms with Crippen molar-refractivity contribution in [1.29, 1.82) is 0 Å². The van der Waals surface area contributed by atoms with Gasteiger partial charge in [-0.3, -0.25) is 0 Å². The second kappa shape index (κ2) is 7.07. The van der Waals surface area contributed by atoms with Crippen molar-refractivity contribution in [2.75, 3.05) is 13.7 Å². The van der Waals surface area contributed by atoms with Crippen LogP contribution in [0.4, 0.5) is 0 Å². The average Bonchev–Trinajstić information content (AvgIpc) is 3.17. The van der Waals surface area contributed by atoms with Crippen molar-refractivity contribution in [3.8, 4) is 0 Å². The Hall–Kier alpha value is -1.45. The van der Waals surface area contributed by atoms with Crippen LogP contribution in [0, 0.1) is 29.1 Å². The zero-order chi connectivity index (χ0) is 24.9. The lowest BCUT2D eigenvalue weighted by atomic mass is 9.41. The van der Waals surface area contributed by atoms with Crippen LogP contribution in [0.2, 0.25) is 19.6 Å². The monoisotopic (exact) mass is 504 g/mol. The molecule has 5 aliphatic rings. The van der Waals surface area contributed by atoms with Gasteiger partial charge >= 0.3 is 10.1 Å². The van der Waals surface area contributed by atoms with E-state index in [1.54, 1.807) is 31.4 Å². The molecule has 6 atom stereocenters. The van der Waals surface area contributed by atoms with Crippen molar-refractivity contribution in [2.45, 2.75) is 70.5 Å². The van der Waals surface area contributed by atoms with Crippen molar-refractivity contribution in [3.63, 3.8) is 0 Å². The summed E-state index contributed by atoms with van der Waals surface area (Å²) in [7, 11) is -4.45. The standard InChI is InChI=1S/C26H36O6SSi/c1-17-9-12-19(13-10-17)33(27,28)31-21-15-25-18(2)11-14-20(25)23(3)16-30-26(29-5,24(21,23)4)22(25)32-34(6,7)8/h9-10,12-15,18,22H,11,16H2,1-8H3/t18-,22?,23?,24?,25?,26?/m1/s1. The molecule has 34 heavy (non-hydrogen) atoms.